The molecule has 34 heavy (non-hydrogen) atoms. The largest absolute Gasteiger partial charge is 0.507 e. The molecular weight excluding hydrogens is 450 g/mol. The van der Waals surface area contributed by atoms with E-state index in [0.717, 1.165) is 28.7 Å². The average molecular weight is 481 g/mol. The van der Waals surface area contributed by atoms with Gasteiger partial charge in [-0.2, -0.15) is 0 Å². The lowest BCUT2D eigenvalue weighted by atomic mass is 10.1. The summed E-state index contributed by atoms with van der Waals surface area (Å²) in [5.41, 5.74) is 4.35. The third-order valence-electron chi connectivity index (χ3n) is 6.02. The number of carbonyl (C=O) groups is 1. The molecule has 0 saturated heterocycles. The summed E-state index contributed by atoms with van der Waals surface area (Å²) >= 11 is 0. The second-order valence-corrected chi connectivity index (χ2v) is 11.5. The maximum absolute atomic E-state index is 13.0. The van der Waals surface area contributed by atoms with E-state index < -0.39 is 21.6 Å². The minimum atomic E-state index is -3.77. The number of hydrogen-bond donors (Lipinski definition) is 3. The van der Waals surface area contributed by atoms with Gasteiger partial charge in [0.1, 0.15) is 23.7 Å². The van der Waals surface area contributed by atoms with Gasteiger partial charge in [-0.1, -0.05) is 42.5 Å². The highest BCUT2D eigenvalue weighted by Gasteiger charge is 2.28. The van der Waals surface area contributed by atoms with Crippen LogP contribution in [0.25, 0.3) is 0 Å². The van der Waals surface area contributed by atoms with E-state index in [4.69, 9.17) is 0 Å². The molecule has 0 saturated carbocycles. The molecule has 0 aromatic heterocycles. The summed E-state index contributed by atoms with van der Waals surface area (Å²) in [5, 5.41) is 15.9. The molecule has 178 valence electrons. The first-order valence-electron chi connectivity index (χ1n) is 11.1. The summed E-state index contributed by atoms with van der Waals surface area (Å²) in [5.74, 6) is -0.601. The number of anilines is 1. The highest BCUT2D eigenvalue weighted by molar-refractivity contribution is 7.90. The van der Waals surface area contributed by atoms with E-state index in [2.05, 4.69) is 24.7 Å². The third-order valence-corrected chi connectivity index (χ3v) is 7.75. The number of phenolic OH excluding ortho intramolecular Hbond substituents is 1. The van der Waals surface area contributed by atoms with Crippen molar-refractivity contribution in [2.75, 3.05) is 19.4 Å². The van der Waals surface area contributed by atoms with Crippen LogP contribution in [-0.2, 0) is 28.7 Å². The van der Waals surface area contributed by atoms with Gasteiger partial charge in [-0.15, -0.1) is 0 Å². The van der Waals surface area contributed by atoms with Crippen LogP contribution in [0.15, 0.2) is 71.6 Å². The van der Waals surface area contributed by atoms with Crippen LogP contribution in [0.1, 0.15) is 35.2 Å². The molecule has 0 spiro atoms. The van der Waals surface area contributed by atoms with Gasteiger partial charge in [0.2, 0.25) is 0 Å². The van der Waals surface area contributed by atoms with Crippen molar-refractivity contribution in [1.82, 2.24) is 5.32 Å². The zero-order chi connectivity index (χ0) is 24.5. The minimum Gasteiger partial charge on any atom is -0.507 e. The molecule has 3 N–H and O–H groups in total. The minimum absolute atomic E-state index is 0.160. The number of quaternary nitrogens is 1. The Morgan fingerprint density at radius 3 is 2.41 bits per heavy atom. The Kier molecular flexibility index (Phi) is 6.38. The Morgan fingerprint density at radius 1 is 1.00 bits per heavy atom. The van der Waals surface area contributed by atoms with Crippen LogP contribution in [0.2, 0.25) is 0 Å². The summed E-state index contributed by atoms with van der Waals surface area (Å²) in [6.45, 7) is 3.65. The fraction of sp³-hybridized carbons (Fsp3) is 0.269. The van der Waals surface area contributed by atoms with Gasteiger partial charge in [-0.25, -0.2) is 13.2 Å². The highest BCUT2D eigenvalue weighted by atomic mass is 32.2. The first kappa shape index (κ1) is 23.8. The number of hydrogen-bond acceptors (Lipinski definition) is 4. The highest BCUT2D eigenvalue weighted by Crippen LogP contribution is 2.31. The number of nitrogens with one attached hydrogen (secondary N) is 2. The monoisotopic (exact) mass is 480 g/mol. The lowest BCUT2D eigenvalue weighted by Gasteiger charge is -2.22. The van der Waals surface area contributed by atoms with Gasteiger partial charge in [0.05, 0.1) is 25.9 Å². The smallest absolute Gasteiger partial charge is 0.319 e. The Labute approximate surface area is 200 Å². The number of nitrogens with zero attached hydrogens (tertiary/aromatic N) is 1. The van der Waals surface area contributed by atoms with Crippen LogP contribution in [0.4, 0.5) is 10.5 Å². The number of rotatable bonds is 6. The lowest BCUT2D eigenvalue weighted by Crippen LogP contribution is -2.32. The molecule has 3 aromatic carbocycles. The lowest BCUT2D eigenvalue weighted by molar-refractivity contribution is -0.910. The molecule has 2 amide bonds. The van der Waals surface area contributed by atoms with Crippen LogP contribution in [0, 0.1) is 0 Å². The normalized spacial score (nSPS) is 15.4. The van der Waals surface area contributed by atoms with Crippen LogP contribution < -0.4 is 10.6 Å². The van der Waals surface area contributed by atoms with Crippen molar-refractivity contribution >= 4 is 21.6 Å². The molecule has 0 fully saturated rings. The van der Waals surface area contributed by atoms with Gasteiger partial charge in [0.15, 0.2) is 9.84 Å². The molecule has 7 nitrogen and oxygen atoms in total. The number of phenols is 1. The summed E-state index contributed by atoms with van der Waals surface area (Å²) in [7, 11) is 0.517. The fourth-order valence-electron chi connectivity index (χ4n) is 4.39. The van der Waals surface area contributed by atoms with Gasteiger partial charge in [-0.3, -0.25) is 0 Å². The number of amides is 2. The molecule has 0 aliphatic carbocycles. The molecule has 1 unspecified atom stereocenters. The molecule has 1 atom stereocenters. The van der Waals surface area contributed by atoms with Crippen molar-refractivity contribution in [3.8, 4) is 5.75 Å². The van der Waals surface area contributed by atoms with Crippen LogP contribution in [0.3, 0.4) is 0 Å². The summed E-state index contributed by atoms with van der Waals surface area (Å²) in [6, 6.07) is 18.7. The van der Waals surface area contributed by atoms with E-state index in [1.807, 2.05) is 55.5 Å². The molecule has 4 rings (SSSR count). The first-order chi connectivity index (χ1) is 16.0. The predicted molar refractivity (Wildman–Crippen MR) is 132 cm³/mol. The Balaban J connectivity index is 1.44. The van der Waals surface area contributed by atoms with Crippen molar-refractivity contribution in [3.63, 3.8) is 0 Å². The zero-order valence-electron chi connectivity index (χ0n) is 19.6. The van der Waals surface area contributed by atoms with Crippen molar-refractivity contribution in [1.29, 1.82) is 0 Å². The van der Waals surface area contributed by atoms with E-state index in [1.54, 1.807) is 0 Å². The van der Waals surface area contributed by atoms with Gasteiger partial charge >= 0.3 is 6.03 Å². The molecule has 8 heteroatoms. The first-order valence-corrected chi connectivity index (χ1v) is 12.8. The standard InChI is InChI=1S/C26H29N3O4S/c1-18(20-7-5-4-6-8-20)27-26(31)28-23-11-12-25(24(30)14-23)34(32,33)17-19-9-10-21-15-29(2,3)16-22(21)13-19/h4-14,18H,15-17H2,1-3H3,(H2-,27,28,30,31)/p+1. The summed E-state index contributed by atoms with van der Waals surface area (Å²) in [4.78, 5) is 12.2. The Hall–Kier alpha value is -3.36. The second-order valence-electron chi connectivity index (χ2n) is 9.53. The Morgan fingerprint density at radius 2 is 1.71 bits per heavy atom. The number of fused-ring (bicyclic) bond motifs is 1. The molecule has 1 aliphatic rings. The maximum Gasteiger partial charge on any atom is 0.319 e. The number of sulfone groups is 1. The second kappa shape index (κ2) is 9.12. The van der Waals surface area contributed by atoms with Crippen molar-refractivity contribution in [2.45, 2.75) is 36.7 Å². The molecule has 0 radical (unpaired) electrons. The maximum atomic E-state index is 13.0. The number of aromatic hydroxyl groups is 1. The number of urea groups is 1. The molecule has 1 aliphatic heterocycles. The van der Waals surface area contributed by atoms with Gasteiger partial charge in [0.25, 0.3) is 0 Å². The summed E-state index contributed by atoms with van der Waals surface area (Å²) < 4.78 is 26.9. The van der Waals surface area contributed by atoms with Crippen LogP contribution in [-0.4, -0.2) is 38.1 Å². The van der Waals surface area contributed by atoms with Gasteiger partial charge in [0, 0.05) is 22.9 Å². The SMILES string of the molecule is CC(NC(=O)Nc1ccc(S(=O)(=O)Cc2ccc3c(c2)C[N+](C)(C)C3)c(O)c1)c1ccccc1. The van der Waals surface area contributed by atoms with E-state index in [-0.39, 0.29) is 16.7 Å². The topological polar surface area (TPSA) is 95.5 Å². The average Bonchev–Trinajstić information content (AvgIpc) is 3.06. The van der Waals surface area contributed by atoms with E-state index in [0.29, 0.717) is 11.3 Å². The van der Waals surface area contributed by atoms with Crippen molar-refractivity contribution in [3.05, 3.63) is 89.0 Å². The van der Waals surface area contributed by atoms with Crippen molar-refractivity contribution < 1.29 is 22.8 Å². The fourth-order valence-corrected chi connectivity index (χ4v) is 5.82. The zero-order valence-corrected chi connectivity index (χ0v) is 20.4. The van der Waals surface area contributed by atoms with Crippen LogP contribution >= 0.6 is 0 Å². The molecular formula is C26H30N3O4S+. The van der Waals surface area contributed by atoms with Crippen LogP contribution in [0.5, 0.6) is 5.75 Å². The quantitative estimate of drug-likeness (QED) is 0.458. The molecule has 1 heterocycles. The van der Waals surface area contributed by atoms with E-state index >= 15 is 0 Å². The van der Waals surface area contributed by atoms with E-state index in [9.17, 15) is 18.3 Å². The number of carbonyl (C=O) groups excluding carboxylic acids is 1. The molecule has 0 bridgehead atoms. The Bertz CT molecular complexity index is 1320. The third kappa shape index (κ3) is 5.40. The van der Waals surface area contributed by atoms with E-state index in [1.165, 1.54) is 23.8 Å². The number of benzene rings is 3. The van der Waals surface area contributed by atoms with Gasteiger partial charge in [-0.05, 0) is 36.2 Å². The summed E-state index contributed by atoms with van der Waals surface area (Å²) in [6.07, 6.45) is 0. The van der Waals surface area contributed by atoms with Crippen molar-refractivity contribution in [2.24, 2.45) is 0 Å². The molecule has 3 aromatic rings. The van der Waals surface area contributed by atoms with Gasteiger partial charge < -0.3 is 20.2 Å². The predicted octanol–water partition coefficient (Wildman–Crippen LogP) is 4.34.